The Morgan fingerprint density at radius 3 is 2.83 bits per heavy atom. The van der Waals surface area contributed by atoms with E-state index in [4.69, 9.17) is 0 Å². The third kappa shape index (κ3) is 1.56. The van der Waals surface area contributed by atoms with Gasteiger partial charge < -0.3 is 0 Å². The summed E-state index contributed by atoms with van der Waals surface area (Å²) in [6, 6.07) is 0. The molecule has 88 valence electrons. The smallest absolute Gasteiger partial charge is 0.119 e. The molecular formula is C15H13N3. The van der Waals surface area contributed by atoms with Crippen molar-refractivity contribution >= 4 is 17.6 Å². The first-order valence-electron chi connectivity index (χ1n) is 5.85. The summed E-state index contributed by atoms with van der Waals surface area (Å²) >= 11 is 0. The highest BCUT2D eigenvalue weighted by atomic mass is 14.9. The topological polar surface area (TPSA) is 37.1 Å². The minimum absolute atomic E-state index is 0.415. The summed E-state index contributed by atoms with van der Waals surface area (Å²) < 4.78 is 0. The van der Waals surface area contributed by atoms with Gasteiger partial charge in [0.15, 0.2) is 0 Å². The molecule has 1 atom stereocenters. The van der Waals surface area contributed by atoms with Crippen LogP contribution in [0.2, 0.25) is 0 Å². The van der Waals surface area contributed by atoms with Gasteiger partial charge in [0.05, 0.1) is 17.1 Å². The van der Waals surface area contributed by atoms with E-state index in [2.05, 4.69) is 34.6 Å². The molecule has 3 rings (SSSR count). The second-order valence-electron chi connectivity index (χ2n) is 4.45. The van der Waals surface area contributed by atoms with Crippen LogP contribution in [0.3, 0.4) is 0 Å². The van der Waals surface area contributed by atoms with Crippen molar-refractivity contribution in [3.63, 3.8) is 0 Å². The molecular weight excluding hydrogens is 222 g/mol. The Bertz CT molecular complexity index is 610. The van der Waals surface area contributed by atoms with Gasteiger partial charge in [-0.05, 0) is 43.4 Å². The molecule has 3 aliphatic rings. The molecule has 3 heterocycles. The number of rotatable bonds is 2. The van der Waals surface area contributed by atoms with Gasteiger partial charge in [-0.2, -0.15) is 0 Å². The number of hydrogen-bond donors (Lipinski definition) is 0. The number of nitrogens with zero attached hydrogens (tertiary/aromatic N) is 3. The Labute approximate surface area is 106 Å². The number of hydrogen-bond acceptors (Lipinski definition) is 3. The zero-order chi connectivity index (χ0) is 12.6. The van der Waals surface area contributed by atoms with Crippen molar-refractivity contribution < 1.29 is 0 Å². The first kappa shape index (κ1) is 10.8. The van der Waals surface area contributed by atoms with Crippen LogP contribution in [0.5, 0.6) is 0 Å². The number of aliphatic imine (C=N–C) groups is 3. The second-order valence-corrected chi connectivity index (χ2v) is 4.45. The van der Waals surface area contributed by atoms with Crippen LogP contribution < -0.4 is 0 Å². The van der Waals surface area contributed by atoms with Crippen LogP contribution >= 0.6 is 0 Å². The van der Waals surface area contributed by atoms with Gasteiger partial charge in [-0.25, -0.2) is 0 Å². The highest BCUT2D eigenvalue weighted by Gasteiger charge is 2.34. The van der Waals surface area contributed by atoms with Crippen LogP contribution in [0.15, 0.2) is 75.5 Å². The maximum atomic E-state index is 4.65. The molecule has 3 nitrogen and oxygen atoms in total. The molecule has 0 aromatic rings. The average molecular weight is 235 g/mol. The summed E-state index contributed by atoms with van der Waals surface area (Å²) in [6.07, 6.45) is 15.3. The van der Waals surface area contributed by atoms with Crippen LogP contribution in [0.4, 0.5) is 0 Å². The highest BCUT2D eigenvalue weighted by Crippen LogP contribution is 2.31. The zero-order valence-corrected chi connectivity index (χ0v) is 10.2. The maximum Gasteiger partial charge on any atom is 0.119 e. The summed E-state index contributed by atoms with van der Waals surface area (Å²) in [5, 5.41) is 0. The lowest BCUT2D eigenvalue weighted by Crippen LogP contribution is -2.30. The fourth-order valence-electron chi connectivity index (χ4n) is 2.24. The molecule has 0 aromatic carbocycles. The maximum absolute atomic E-state index is 4.65. The van der Waals surface area contributed by atoms with E-state index < -0.39 is 5.54 Å². The van der Waals surface area contributed by atoms with Gasteiger partial charge in [-0.15, -0.1) is 0 Å². The fraction of sp³-hybridized carbons (Fsp3) is 0.133. The molecule has 0 saturated carbocycles. The fourth-order valence-corrected chi connectivity index (χ4v) is 2.24. The summed E-state index contributed by atoms with van der Waals surface area (Å²) in [6.45, 7) is 5.80. The predicted octanol–water partition coefficient (Wildman–Crippen LogP) is 2.80. The van der Waals surface area contributed by atoms with Gasteiger partial charge in [0, 0.05) is 18.0 Å². The number of allylic oxidation sites excluding steroid dienone is 5. The second kappa shape index (κ2) is 3.88. The van der Waals surface area contributed by atoms with E-state index in [0.717, 1.165) is 22.7 Å². The Morgan fingerprint density at radius 2 is 2.17 bits per heavy atom. The Hall–Kier alpha value is -2.29. The third-order valence-corrected chi connectivity index (χ3v) is 3.16. The van der Waals surface area contributed by atoms with Crippen molar-refractivity contribution in [2.24, 2.45) is 15.0 Å². The van der Waals surface area contributed by atoms with Gasteiger partial charge in [0.2, 0.25) is 0 Å². The molecule has 3 heteroatoms. The van der Waals surface area contributed by atoms with Crippen LogP contribution in [0, 0.1) is 0 Å². The lowest BCUT2D eigenvalue weighted by atomic mass is 9.91. The largest absolute Gasteiger partial charge is 0.268 e. The minimum atomic E-state index is -0.415. The molecule has 0 fully saturated rings. The Morgan fingerprint density at radius 1 is 1.28 bits per heavy atom. The first-order chi connectivity index (χ1) is 8.73. The van der Waals surface area contributed by atoms with Crippen molar-refractivity contribution in [3.8, 4) is 0 Å². The van der Waals surface area contributed by atoms with Crippen LogP contribution in [0.25, 0.3) is 0 Å². The standard InChI is InChI=1S/C15H13N3/c1-3-11-6-8-15(2,18-11)14-12(7-10-17-14)13-5-4-9-16-13/h3-10H,1H2,2H3. The summed E-state index contributed by atoms with van der Waals surface area (Å²) in [5.41, 5.74) is 3.40. The van der Waals surface area contributed by atoms with Gasteiger partial charge in [0.1, 0.15) is 5.54 Å². The molecule has 0 N–H and O–H groups in total. The molecule has 18 heavy (non-hydrogen) atoms. The van der Waals surface area contributed by atoms with E-state index in [-0.39, 0.29) is 0 Å². The Kier molecular flexibility index (Phi) is 2.33. The molecule has 3 aliphatic heterocycles. The first-order valence-corrected chi connectivity index (χ1v) is 5.85. The monoisotopic (exact) mass is 235 g/mol. The van der Waals surface area contributed by atoms with Gasteiger partial charge >= 0.3 is 0 Å². The highest BCUT2D eigenvalue weighted by molar-refractivity contribution is 6.18. The summed E-state index contributed by atoms with van der Waals surface area (Å²) in [4.78, 5) is 13.4. The van der Waals surface area contributed by atoms with Gasteiger partial charge in [-0.1, -0.05) is 6.58 Å². The van der Waals surface area contributed by atoms with Crippen molar-refractivity contribution in [1.82, 2.24) is 0 Å². The van der Waals surface area contributed by atoms with E-state index in [0.29, 0.717) is 0 Å². The van der Waals surface area contributed by atoms with Gasteiger partial charge in [0.25, 0.3) is 0 Å². The van der Waals surface area contributed by atoms with E-state index in [1.807, 2.05) is 24.3 Å². The lowest BCUT2D eigenvalue weighted by molar-refractivity contribution is 0.802. The molecule has 0 amide bonds. The van der Waals surface area contributed by atoms with Crippen LogP contribution in [-0.4, -0.2) is 23.2 Å². The zero-order valence-electron chi connectivity index (χ0n) is 10.2. The van der Waals surface area contributed by atoms with Crippen LogP contribution in [-0.2, 0) is 0 Å². The molecule has 1 unspecified atom stereocenters. The third-order valence-electron chi connectivity index (χ3n) is 3.16. The lowest BCUT2D eigenvalue weighted by Gasteiger charge is -2.20. The molecule has 0 radical (unpaired) electrons. The summed E-state index contributed by atoms with van der Waals surface area (Å²) in [5.74, 6) is 0. The van der Waals surface area contributed by atoms with Gasteiger partial charge in [-0.3, -0.25) is 15.0 Å². The van der Waals surface area contributed by atoms with Crippen molar-refractivity contribution in [2.75, 3.05) is 0 Å². The molecule has 0 spiro atoms. The van der Waals surface area contributed by atoms with E-state index in [1.165, 1.54) is 0 Å². The predicted molar refractivity (Wildman–Crippen MR) is 76.4 cm³/mol. The van der Waals surface area contributed by atoms with E-state index >= 15 is 0 Å². The quantitative estimate of drug-likeness (QED) is 0.706. The molecule has 0 bridgehead atoms. The van der Waals surface area contributed by atoms with E-state index in [9.17, 15) is 0 Å². The van der Waals surface area contributed by atoms with Crippen molar-refractivity contribution in [2.45, 2.75) is 12.5 Å². The van der Waals surface area contributed by atoms with Crippen molar-refractivity contribution in [1.29, 1.82) is 0 Å². The SMILES string of the molecule is C=CC1=NC(C)(C2=NC=CC2=C2C=CC=N2)C=C1. The minimum Gasteiger partial charge on any atom is -0.268 e. The Balaban J connectivity index is 2.05. The average Bonchev–Trinajstić information content (AvgIpc) is 3.09. The molecule has 0 aliphatic carbocycles. The molecule has 0 aromatic heterocycles. The summed E-state index contributed by atoms with van der Waals surface area (Å²) in [7, 11) is 0. The van der Waals surface area contributed by atoms with Crippen molar-refractivity contribution in [3.05, 3.63) is 60.5 Å². The molecule has 0 saturated heterocycles. The van der Waals surface area contributed by atoms with Crippen LogP contribution in [0.1, 0.15) is 6.92 Å². The van der Waals surface area contributed by atoms with E-state index in [1.54, 1.807) is 18.5 Å². The normalized spacial score (nSPS) is 32.3.